The number of aliphatic hydroxyl groups is 1. The van der Waals surface area contributed by atoms with E-state index in [9.17, 15) is 5.11 Å². The van der Waals surface area contributed by atoms with Crippen LogP contribution in [0, 0.1) is 0 Å². The number of nitrogens with one attached hydrogen (secondary N) is 1. The fraction of sp³-hybridized carbons (Fsp3) is 0.407. The van der Waals surface area contributed by atoms with Crippen LogP contribution in [0.1, 0.15) is 63.1 Å². The quantitative estimate of drug-likeness (QED) is 0.510. The first kappa shape index (κ1) is 20.9. The molecule has 3 heteroatoms. The Hall–Kier alpha value is -2.36. The molecule has 2 N–H and O–H groups in total. The molecule has 0 radical (unpaired) electrons. The minimum atomic E-state index is -0.816. The van der Waals surface area contributed by atoms with Gasteiger partial charge in [-0.1, -0.05) is 54.6 Å². The molecule has 0 aliphatic heterocycles. The molecule has 1 aliphatic carbocycles. The number of hydrogen-bond donors (Lipinski definition) is 2. The average Bonchev–Trinajstić information content (AvgIpc) is 3.20. The molecule has 1 aliphatic rings. The SMILES string of the molecule is C[C@@H](N[C@H]1CC[C@@H](c2ccc(OCC(C)(C)O)cc2)C1)c1cccc2ccccc12. The number of rotatable bonds is 7. The monoisotopic (exact) mass is 403 g/mol. The first-order chi connectivity index (χ1) is 14.4. The van der Waals surface area contributed by atoms with E-state index in [1.807, 2.05) is 12.1 Å². The highest BCUT2D eigenvalue weighted by atomic mass is 16.5. The van der Waals surface area contributed by atoms with Gasteiger partial charge in [-0.25, -0.2) is 0 Å². The molecule has 0 spiro atoms. The Bertz CT molecular complexity index is 969. The molecule has 158 valence electrons. The maximum Gasteiger partial charge on any atom is 0.119 e. The van der Waals surface area contributed by atoms with Crippen LogP contribution in [0.5, 0.6) is 5.75 Å². The van der Waals surface area contributed by atoms with Crippen LogP contribution in [-0.2, 0) is 0 Å². The summed E-state index contributed by atoms with van der Waals surface area (Å²) in [6.45, 7) is 6.09. The minimum Gasteiger partial charge on any atom is -0.491 e. The highest BCUT2D eigenvalue weighted by Gasteiger charge is 2.27. The van der Waals surface area contributed by atoms with E-state index in [2.05, 4.69) is 66.8 Å². The summed E-state index contributed by atoms with van der Waals surface area (Å²) >= 11 is 0. The van der Waals surface area contributed by atoms with Crippen molar-refractivity contribution < 1.29 is 9.84 Å². The molecular weight excluding hydrogens is 370 g/mol. The van der Waals surface area contributed by atoms with Crippen LogP contribution < -0.4 is 10.1 Å². The first-order valence-corrected chi connectivity index (χ1v) is 11.1. The van der Waals surface area contributed by atoms with Crippen molar-refractivity contribution in [3.05, 3.63) is 77.9 Å². The van der Waals surface area contributed by atoms with Crippen LogP contribution in [0.15, 0.2) is 66.7 Å². The van der Waals surface area contributed by atoms with Gasteiger partial charge in [-0.05, 0) is 80.0 Å². The van der Waals surface area contributed by atoms with Gasteiger partial charge in [-0.2, -0.15) is 0 Å². The predicted octanol–water partition coefficient (Wildman–Crippen LogP) is 5.98. The van der Waals surface area contributed by atoms with E-state index in [0.29, 0.717) is 24.6 Å². The van der Waals surface area contributed by atoms with Gasteiger partial charge in [0.05, 0.1) is 5.60 Å². The van der Waals surface area contributed by atoms with Crippen molar-refractivity contribution in [1.82, 2.24) is 5.32 Å². The minimum absolute atomic E-state index is 0.299. The van der Waals surface area contributed by atoms with Crippen molar-refractivity contribution in [2.75, 3.05) is 6.61 Å². The molecular formula is C27H33NO2. The maximum atomic E-state index is 9.82. The average molecular weight is 404 g/mol. The molecule has 1 fully saturated rings. The van der Waals surface area contributed by atoms with E-state index in [-0.39, 0.29) is 0 Å². The fourth-order valence-corrected chi connectivity index (χ4v) is 4.60. The standard InChI is InChI=1S/C27H33NO2/c1-19(25-10-6-8-21-7-4-5-9-26(21)25)28-23-14-11-22(17-23)20-12-15-24(16-13-20)30-18-27(2,3)29/h4-10,12-13,15-16,19,22-23,28-29H,11,14,17-18H2,1-3H3/t19-,22-,23+/m1/s1. The Morgan fingerprint density at radius 1 is 1.00 bits per heavy atom. The zero-order chi connectivity index (χ0) is 21.1. The van der Waals surface area contributed by atoms with Crippen molar-refractivity contribution >= 4 is 10.8 Å². The maximum absolute atomic E-state index is 9.82. The lowest BCUT2D eigenvalue weighted by molar-refractivity contribution is 0.0285. The molecule has 3 nitrogen and oxygen atoms in total. The fourth-order valence-electron chi connectivity index (χ4n) is 4.60. The Balaban J connectivity index is 1.36. The van der Waals surface area contributed by atoms with Crippen molar-refractivity contribution in [2.45, 2.75) is 63.6 Å². The molecule has 3 aromatic carbocycles. The summed E-state index contributed by atoms with van der Waals surface area (Å²) < 4.78 is 5.68. The largest absolute Gasteiger partial charge is 0.491 e. The van der Waals surface area contributed by atoms with Crippen LogP contribution in [-0.4, -0.2) is 23.4 Å². The van der Waals surface area contributed by atoms with Gasteiger partial charge in [-0.15, -0.1) is 0 Å². The molecule has 0 aromatic heterocycles. The molecule has 0 bridgehead atoms. The second kappa shape index (κ2) is 8.79. The smallest absolute Gasteiger partial charge is 0.119 e. The third kappa shape index (κ3) is 5.03. The van der Waals surface area contributed by atoms with Gasteiger partial charge < -0.3 is 15.2 Å². The van der Waals surface area contributed by atoms with E-state index in [0.717, 1.165) is 5.75 Å². The second-order valence-corrected chi connectivity index (χ2v) is 9.33. The summed E-state index contributed by atoms with van der Waals surface area (Å²) in [5.41, 5.74) is 1.95. The third-order valence-corrected chi connectivity index (χ3v) is 6.15. The molecule has 0 heterocycles. The zero-order valence-corrected chi connectivity index (χ0v) is 18.3. The Morgan fingerprint density at radius 3 is 2.50 bits per heavy atom. The molecule has 0 amide bonds. The Morgan fingerprint density at radius 2 is 1.73 bits per heavy atom. The Labute approximate surface area is 180 Å². The van der Waals surface area contributed by atoms with Gasteiger partial charge in [0.2, 0.25) is 0 Å². The normalized spacial score (nSPS) is 20.4. The number of hydrogen-bond acceptors (Lipinski definition) is 3. The van der Waals surface area contributed by atoms with Gasteiger partial charge in [0.25, 0.3) is 0 Å². The molecule has 3 aromatic rings. The summed E-state index contributed by atoms with van der Waals surface area (Å²) in [5, 5.41) is 16.3. The first-order valence-electron chi connectivity index (χ1n) is 11.1. The van der Waals surface area contributed by atoms with Crippen molar-refractivity contribution in [2.24, 2.45) is 0 Å². The Kier molecular flexibility index (Phi) is 6.12. The topological polar surface area (TPSA) is 41.5 Å². The van der Waals surface area contributed by atoms with Crippen molar-refractivity contribution in [3.63, 3.8) is 0 Å². The lowest BCUT2D eigenvalue weighted by Gasteiger charge is -2.22. The number of benzene rings is 3. The van der Waals surface area contributed by atoms with Gasteiger partial charge in [0.15, 0.2) is 0 Å². The van der Waals surface area contributed by atoms with Crippen LogP contribution >= 0.6 is 0 Å². The van der Waals surface area contributed by atoms with Crippen molar-refractivity contribution in [1.29, 1.82) is 0 Å². The van der Waals surface area contributed by atoms with Gasteiger partial charge >= 0.3 is 0 Å². The lowest BCUT2D eigenvalue weighted by atomic mass is 9.96. The van der Waals surface area contributed by atoms with E-state index >= 15 is 0 Å². The third-order valence-electron chi connectivity index (χ3n) is 6.15. The van der Waals surface area contributed by atoms with Crippen LogP contribution in [0.3, 0.4) is 0 Å². The van der Waals surface area contributed by atoms with Gasteiger partial charge in [-0.3, -0.25) is 0 Å². The highest BCUT2D eigenvalue weighted by molar-refractivity contribution is 5.86. The van der Waals surface area contributed by atoms with E-state index < -0.39 is 5.60 Å². The summed E-state index contributed by atoms with van der Waals surface area (Å²) in [5.74, 6) is 1.41. The second-order valence-electron chi connectivity index (χ2n) is 9.33. The molecule has 4 rings (SSSR count). The van der Waals surface area contributed by atoms with Gasteiger partial charge in [0, 0.05) is 12.1 Å². The predicted molar refractivity (Wildman–Crippen MR) is 124 cm³/mol. The number of fused-ring (bicyclic) bond motifs is 1. The molecule has 0 saturated heterocycles. The van der Waals surface area contributed by atoms with Gasteiger partial charge in [0.1, 0.15) is 12.4 Å². The highest BCUT2D eigenvalue weighted by Crippen LogP contribution is 2.36. The summed E-state index contributed by atoms with van der Waals surface area (Å²) in [7, 11) is 0. The molecule has 0 unspecified atom stereocenters. The van der Waals surface area contributed by atoms with Crippen LogP contribution in [0.25, 0.3) is 10.8 Å². The van der Waals surface area contributed by atoms with Crippen molar-refractivity contribution in [3.8, 4) is 5.75 Å². The van der Waals surface area contributed by atoms with Crippen LogP contribution in [0.2, 0.25) is 0 Å². The molecule has 1 saturated carbocycles. The molecule has 30 heavy (non-hydrogen) atoms. The summed E-state index contributed by atoms with van der Waals surface area (Å²) in [4.78, 5) is 0. The van der Waals surface area contributed by atoms with E-state index in [4.69, 9.17) is 4.74 Å². The lowest BCUT2D eigenvalue weighted by Crippen LogP contribution is -2.29. The van der Waals surface area contributed by atoms with E-state index in [1.54, 1.807) is 13.8 Å². The zero-order valence-electron chi connectivity index (χ0n) is 18.3. The van der Waals surface area contributed by atoms with E-state index in [1.165, 1.54) is 41.2 Å². The molecule has 3 atom stereocenters. The van der Waals surface area contributed by atoms with Crippen LogP contribution in [0.4, 0.5) is 0 Å². The number of ether oxygens (including phenoxy) is 1. The summed E-state index contributed by atoms with van der Waals surface area (Å²) in [6.07, 6.45) is 3.58. The summed E-state index contributed by atoms with van der Waals surface area (Å²) in [6, 6.07) is 24.5.